The largest absolute Gasteiger partial charge is 0.311 e. The predicted octanol–water partition coefficient (Wildman–Crippen LogP) is 17.5. The molecule has 0 unspecified atom stereocenters. The standard InChI is InChI=1S/C64H51N/c1-5-13-50(14-6-1)54-28-24-49(25-29-54)47-61(60-33-31-56(32-34-60)51-15-7-2-8-16-51)30-23-48-21-26-55(27-22-48)59-39-45-64(46-40-59)65(62-41-35-57(36-42-62)52-17-9-3-10-18-52)63-43-37-58(38-44-63)53-19-11-4-12-20-53/h1-22,24-29,31-46,61H,23,30,47H2/t61-/m0/s1. The third-order valence-corrected chi connectivity index (χ3v) is 12.7. The van der Waals surface area contributed by atoms with Crippen LogP contribution in [0.2, 0.25) is 0 Å². The number of hydrogen-bond acceptors (Lipinski definition) is 1. The fraction of sp³-hybridized carbons (Fsp3) is 0.0625. The van der Waals surface area contributed by atoms with Gasteiger partial charge in [0.1, 0.15) is 0 Å². The molecule has 10 rings (SSSR count). The van der Waals surface area contributed by atoms with E-state index in [4.69, 9.17) is 0 Å². The molecule has 0 N–H and O–H groups in total. The van der Waals surface area contributed by atoms with Crippen molar-refractivity contribution in [3.8, 4) is 55.6 Å². The van der Waals surface area contributed by atoms with Crippen molar-refractivity contribution in [2.75, 3.05) is 4.90 Å². The minimum Gasteiger partial charge on any atom is -0.311 e. The van der Waals surface area contributed by atoms with Crippen LogP contribution in [-0.2, 0) is 12.8 Å². The fourth-order valence-corrected chi connectivity index (χ4v) is 9.04. The van der Waals surface area contributed by atoms with Crippen molar-refractivity contribution in [1.29, 1.82) is 0 Å². The second-order valence-electron chi connectivity index (χ2n) is 16.9. The van der Waals surface area contributed by atoms with E-state index >= 15 is 0 Å². The van der Waals surface area contributed by atoms with Gasteiger partial charge in [0.15, 0.2) is 0 Å². The van der Waals surface area contributed by atoms with Gasteiger partial charge in [0.05, 0.1) is 0 Å². The molecule has 0 saturated heterocycles. The van der Waals surface area contributed by atoms with Gasteiger partial charge in [-0.3, -0.25) is 0 Å². The Balaban J connectivity index is 0.870. The first-order valence-corrected chi connectivity index (χ1v) is 22.8. The highest BCUT2D eigenvalue weighted by atomic mass is 15.1. The molecule has 10 aromatic carbocycles. The maximum atomic E-state index is 2.35. The van der Waals surface area contributed by atoms with Crippen molar-refractivity contribution in [2.24, 2.45) is 0 Å². The van der Waals surface area contributed by atoms with Crippen LogP contribution >= 0.6 is 0 Å². The summed E-state index contributed by atoms with van der Waals surface area (Å²) in [6.45, 7) is 0. The Morgan fingerprint density at radius 1 is 0.246 bits per heavy atom. The van der Waals surface area contributed by atoms with Gasteiger partial charge in [-0.2, -0.15) is 0 Å². The maximum Gasteiger partial charge on any atom is 0.0462 e. The molecule has 0 aliphatic heterocycles. The summed E-state index contributed by atoms with van der Waals surface area (Å²) >= 11 is 0. The van der Waals surface area contributed by atoms with Gasteiger partial charge < -0.3 is 4.90 Å². The van der Waals surface area contributed by atoms with Crippen LogP contribution in [0, 0.1) is 0 Å². The van der Waals surface area contributed by atoms with E-state index in [2.05, 4.69) is 272 Å². The molecule has 0 radical (unpaired) electrons. The molecule has 65 heavy (non-hydrogen) atoms. The van der Waals surface area contributed by atoms with Crippen LogP contribution < -0.4 is 4.90 Å². The average Bonchev–Trinajstić information content (AvgIpc) is 3.40. The average molecular weight is 834 g/mol. The van der Waals surface area contributed by atoms with Crippen LogP contribution in [0.1, 0.15) is 29.0 Å². The number of aryl methyl sites for hydroxylation is 1. The Kier molecular flexibility index (Phi) is 12.4. The van der Waals surface area contributed by atoms with Gasteiger partial charge in [0, 0.05) is 17.1 Å². The molecule has 0 bridgehead atoms. The summed E-state index contributed by atoms with van der Waals surface area (Å²) in [6, 6.07) is 97.0. The van der Waals surface area contributed by atoms with E-state index in [1.807, 2.05) is 0 Å². The summed E-state index contributed by atoms with van der Waals surface area (Å²) in [4.78, 5) is 2.35. The number of benzene rings is 10. The Morgan fingerprint density at radius 3 is 0.831 bits per heavy atom. The number of rotatable bonds is 14. The van der Waals surface area contributed by atoms with E-state index in [-0.39, 0.29) is 0 Å². The quantitative estimate of drug-likeness (QED) is 0.105. The topological polar surface area (TPSA) is 3.24 Å². The SMILES string of the molecule is c1ccc(-c2ccc(C[C@H](CCc3ccc(-c4ccc(N(c5ccc(-c6ccccc6)cc5)c5ccc(-c6ccccc6)cc5)cc4)cc3)c3ccc(-c4ccccc4)cc3)cc2)cc1. The Morgan fingerprint density at radius 2 is 0.508 bits per heavy atom. The number of nitrogens with zero attached hydrogens (tertiary/aromatic N) is 1. The Hall–Kier alpha value is -8.00. The van der Waals surface area contributed by atoms with Crippen LogP contribution in [0.4, 0.5) is 17.1 Å². The highest BCUT2D eigenvalue weighted by Gasteiger charge is 2.16. The van der Waals surface area contributed by atoms with Gasteiger partial charge in [-0.05, 0) is 134 Å². The summed E-state index contributed by atoms with van der Waals surface area (Å²) in [7, 11) is 0. The van der Waals surface area contributed by atoms with Gasteiger partial charge in [-0.1, -0.05) is 231 Å². The van der Waals surface area contributed by atoms with Crippen LogP contribution in [-0.4, -0.2) is 0 Å². The second kappa shape index (κ2) is 19.6. The minimum absolute atomic E-state index is 0.390. The Bertz CT molecular complexity index is 2930. The molecular formula is C64H51N. The third-order valence-electron chi connectivity index (χ3n) is 12.7. The van der Waals surface area contributed by atoms with Crippen molar-refractivity contribution in [1.82, 2.24) is 0 Å². The normalized spacial score (nSPS) is 11.5. The predicted molar refractivity (Wildman–Crippen MR) is 276 cm³/mol. The monoisotopic (exact) mass is 833 g/mol. The summed E-state index contributed by atoms with van der Waals surface area (Å²) in [5.74, 6) is 0.390. The van der Waals surface area contributed by atoms with Gasteiger partial charge in [-0.25, -0.2) is 0 Å². The first-order chi connectivity index (χ1) is 32.2. The smallest absolute Gasteiger partial charge is 0.0462 e. The zero-order valence-electron chi connectivity index (χ0n) is 36.5. The number of hydrogen-bond donors (Lipinski definition) is 0. The summed E-state index contributed by atoms with van der Waals surface area (Å²) in [6.07, 6.45) is 3.07. The zero-order valence-corrected chi connectivity index (χ0v) is 36.5. The van der Waals surface area contributed by atoms with Crippen molar-refractivity contribution in [3.05, 3.63) is 284 Å². The molecule has 0 fully saturated rings. The molecular weight excluding hydrogens is 783 g/mol. The second-order valence-corrected chi connectivity index (χ2v) is 16.9. The van der Waals surface area contributed by atoms with Crippen LogP contribution in [0.25, 0.3) is 55.6 Å². The molecule has 0 heterocycles. The lowest BCUT2D eigenvalue weighted by atomic mass is 9.86. The summed E-state index contributed by atoms with van der Waals surface area (Å²) in [5, 5.41) is 0. The van der Waals surface area contributed by atoms with E-state index in [0.717, 1.165) is 36.3 Å². The van der Waals surface area contributed by atoms with Crippen molar-refractivity contribution < 1.29 is 0 Å². The summed E-state index contributed by atoms with van der Waals surface area (Å²) < 4.78 is 0. The minimum atomic E-state index is 0.390. The molecule has 0 amide bonds. The molecule has 0 aliphatic rings. The molecule has 1 nitrogen and oxygen atoms in total. The van der Waals surface area contributed by atoms with E-state index in [0.29, 0.717) is 5.92 Å². The van der Waals surface area contributed by atoms with E-state index in [9.17, 15) is 0 Å². The van der Waals surface area contributed by atoms with Crippen LogP contribution in [0.15, 0.2) is 267 Å². The van der Waals surface area contributed by atoms with Crippen LogP contribution in [0.5, 0.6) is 0 Å². The van der Waals surface area contributed by atoms with E-state index in [1.165, 1.54) is 72.3 Å². The highest BCUT2D eigenvalue weighted by Crippen LogP contribution is 2.38. The molecule has 0 saturated carbocycles. The zero-order chi connectivity index (χ0) is 43.6. The Labute approximate surface area is 384 Å². The van der Waals surface area contributed by atoms with Crippen molar-refractivity contribution in [3.63, 3.8) is 0 Å². The fourth-order valence-electron chi connectivity index (χ4n) is 9.04. The lowest BCUT2D eigenvalue weighted by molar-refractivity contribution is 0.621. The van der Waals surface area contributed by atoms with Crippen LogP contribution in [0.3, 0.4) is 0 Å². The van der Waals surface area contributed by atoms with Gasteiger partial charge in [-0.15, -0.1) is 0 Å². The molecule has 10 aromatic rings. The lowest BCUT2D eigenvalue weighted by Gasteiger charge is -2.26. The maximum absolute atomic E-state index is 2.35. The van der Waals surface area contributed by atoms with Crippen molar-refractivity contribution >= 4 is 17.1 Å². The molecule has 1 atom stereocenters. The molecule has 1 heteroatoms. The van der Waals surface area contributed by atoms with Gasteiger partial charge >= 0.3 is 0 Å². The first kappa shape index (κ1) is 41.0. The molecule has 0 aliphatic carbocycles. The molecule has 0 spiro atoms. The third kappa shape index (κ3) is 9.81. The summed E-state index contributed by atoms with van der Waals surface area (Å²) in [5.41, 5.74) is 19.7. The first-order valence-electron chi connectivity index (χ1n) is 22.8. The molecule has 0 aromatic heterocycles. The van der Waals surface area contributed by atoms with Gasteiger partial charge in [0.2, 0.25) is 0 Å². The molecule has 312 valence electrons. The van der Waals surface area contributed by atoms with Crippen molar-refractivity contribution in [2.45, 2.75) is 25.2 Å². The van der Waals surface area contributed by atoms with E-state index in [1.54, 1.807) is 0 Å². The van der Waals surface area contributed by atoms with Gasteiger partial charge in [0.25, 0.3) is 0 Å². The highest BCUT2D eigenvalue weighted by molar-refractivity contribution is 5.81. The van der Waals surface area contributed by atoms with E-state index < -0.39 is 0 Å². The lowest BCUT2D eigenvalue weighted by Crippen LogP contribution is -2.09. The number of anilines is 3.